The zero-order valence-corrected chi connectivity index (χ0v) is 10.8. The second-order valence-corrected chi connectivity index (χ2v) is 4.47. The zero-order chi connectivity index (χ0) is 11.4. The van der Waals surface area contributed by atoms with Gasteiger partial charge in [-0.2, -0.15) is 4.99 Å². The minimum Gasteiger partial charge on any atom is -0.370 e. The van der Waals surface area contributed by atoms with E-state index in [-0.39, 0.29) is 11.9 Å². The van der Waals surface area contributed by atoms with E-state index in [0.717, 1.165) is 8.95 Å². The van der Waals surface area contributed by atoms with Gasteiger partial charge in [-0.1, -0.05) is 31.9 Å². The first-order valence-electron chi connectivity index (χ1n) is 3.87. The molecule has 0 bridgehead atoms. The monoisotopic (exact) mass is 333 g/mol. The van der Waals surface area contributed by atoms with Crippen LogP contribution in [-0.4, -0.2) is 11.9 Å². The number of hydrogen-bond acceptors (Lipinski definition) is 1. The lowest BCUT2D eigenvalue weighted by atomic mass is 10.3. The topological polar surface area (TPSA) is 103 Å². The Kier molecular flexibility index (Phi) is 4.10. The lowest BCUT2D eigenvalue weighted by Gasteiger charge is -1.98. The summed E-state index contributed by atoms with van der Waals surface area (Å²) in [5.74, 6) is -0.106. The van der Waals surface area contributed by atoms with E-state index in [1.165, 1.54) is 0 Å². The molecular weight excluding hydrogens is 326 g/mol. The molecular formula is C8H9Br2N5. The van der Waals surface area contributed by atoms with E-state index in [4.69, 9.17) is 17.2 Å². The van der Waals surface area contributed by atoms with Crippen molar-refractivity contribution in [3.63, 3.8) is 0 Å². The fraction of sp³-hybridized carbons (Fsp3) is 0. The highest BCUT2D eigenvalue weighted by molar-refractivity contribution is 9.11. The Labute approximate surface area is 104 Å². The summed E-state index contributed by atoms with van der Waals surface area (Å²) in [5.41, 5.74) is 16.4. The third-order valence-electron chi connectivity index (χ3n) is 1.33. The number of aliphatic imine (C=N–C) groups is 2. The van der Waals surface area contributed by atoms with Crippen LogP contribution in [0, 0.1) is 0 Å². The Balaban J connectivity index is 3.03. The molecule has 7 heteroatoms. The van der Waals surface area contributed by atoms with E-state index in [0.29, 0.717) is 5.69 Å². The minimum absolute atomic E-state index is 0.0139. The molecule has 0 aliphatic heterocycles. The number of halogens is 2. The van der Waals surface area contributed by atoms with E-state index in [1.54, 1.807) is 12.1 Å². The fourth-order valence-corrected chi connectivity index (χ4v) is 2.16. The van der Waals surface area contributed by atoms with Gasteiger partial charge in [0.25, 0.3) is 0 Å². The van der Waals surface area contributed by atoms with Gasteiger partial charge >= 0.3 is 0 Å². The molecule has 0 saturated carbocycles. The van der Waals surface area contributed by atoms with E-state index >= 15 is 0 Å². The maximum Gasteiger partial charge on any atom is 0.223 e. The highest BCUT2D eigenvalue weighted by Crippen LogP contribution is 2.25. The molecule has 80 valence electrons. The molecule has 0 spiro atoms. The number of hydrogen-bond donors (Lipinski definition) is 3. The Morgan fingerprint density at radius 2 is 1.53 bits per heavy atom. The lowest BCUT2D eigenvalue weighted by molar-refractivity contribution is 1.37. The Bertz CT molecular complexity index is 403. The molecule has 0 unspecified atom stereocenters. The van der Waals surface area contributed by atoms with Crippen molar-refractivity contribution in [2.45, 2.75) is 0 Å². The molecule has 0 fully saturated rings. The molecule has 0 radical (unpaired) electrons. The second kappa shape index (κ2) is 5.13. The highest BCUT2D eigenvalue weighted by atomic mass is 79.9. The molecule has 1 aromatic carbocycles. The number of rotatable bonds is 1. The van der Waals surface area contributed by atoms with E-state index in [2.05, 4.69) is 41.8 Å². The van der Waals surface area contributed by atoms with Crippen LogP contribution in [0.25, 0.3) is 0 Å². The lowest BCUT2D eigenvalue weighted by Crippen LogP contribution is -2.26. The molecule has 1 rings (SSSR count). The predicted molar refractivity (Wildman–Crippen MR) is 68.9 cm³/mol. The average Bonchev–Trinajstić information content (AvgIpc) is 1.98. The van der Waals surface area contributed by atoms with Crippen LogP contribution < -0.4 is 17.2 Å². The maximum atomic E-state index is 5.48. The van der Waals surface area contributed by atoms with Gasteiger partial charge in [0, 0.05) is 8.95 Å². The smallest absolute Gasteiger partial charge is 0.223 e. The Hall–Kier alpha value is -1.08. The molecule has 0 heterocycles. The van der Waals surface area contributed by atoms with Gasteiger partial charge in [-0.05, 0) is 18.2 Å². The minimum atomic E-state index is -0.120. The summed E-state index contributed by atoms with van der Waals surface area (Å²) in [6, 6.07) is 5.47. The number of benzene rings is 1. The number of nitrogens with two attached hydrogens (primary N) is 3. The molecule has 1 aromatic rings. The molecule has 5 nitrogen and oxygen atoms in total. The van der Waals surface area contributed by atoms with Crippen molar-refractivity contribution in [3.8, 4) is 0 Å². The van der Waals surface area contributed by atoms with Crippen molar-refractivity contribution < 1.29 is 0 Å². The third-order valence-corrected chi connectivity index (χ3v) is 2.25. The van der Waals surface area contributed by atoms with Crippen LogP contribution >= 0.6 is 31.9 Å². The van der Waals surface area contributed by atoms with Crippen molar-refractivity contribution >= 4 is 49.5 Å². The van der Waals surface area contributed by atoms with Crippen molar-refractivity contribution in [1.82, 2.24) is 0 Å². The first kappa shape index (κ1) is 12.0. The van der Waals surface area contributed by atoms with Gasteiger partial charge in [-0.25, -0.2) is 4.99 Å². The van der Waals surface area contributed by atoms with Crippen LogP contribution in [0.3, 0.4) is 0 Å². The molecule has 15 heavy (non-hydrogen) atoms. The summed E-state index contributed by atoms with van der Waals surface area (Å²) in [6.07, 6.45) is 0. The molecule has 0 aromatic heterocycles. The SMILES string of the molecule is NC(N)=NC(N)=Nc1cc(Br)cc(Br)c1. The highest BCUT2D eigenvalue weighted by Gasteiger charge is 1.97. The Morgan fingerprint density at radius 3 is 2.00 bits per heavy atom. The van der Waals surface area contributed by atoms with Crippen molar-refractivity contribution in [2.24, 2.45) is 27.2 Å². The molecule has 0 atom stereocenters. The van der Waals surface area contributed by atoms with Gasteiger partial charge in [-0.3, -0.25) is 0 Å². The molecule has 0 aliphatic carbocycles. The first-order valence-corrected chi connectivity index (χ1v) is 5.46. The average molecular weight is 335 g/mol. The van der Waals surface area contributed by atoms with E-state index in [1.807, 2.05) is 6.07 Å². The molecule has 0 amide bonds. The standard InChI is InChI=1S/C8H9Br2N5/c9-4-1-5(10)3-6(2-4)14-8(13)15-7(11)12/h1-3H,(H6,11,12,13,14,15). The van der Waals surface area contributed by atoms with Gasteiger partial charge in [0.1, 0.15) is 0 Å². The van der Waals surface area contributed by atoms with Crippen molar-refractivity contribution in [3.05, 3.63) is 27.1 Å². The summed E-state index contributed by atoms with van der Waals surface area (Å²) < 4.78 is 1.77. The third kappa shape index (κ3) is 4.30. The number of guanidine groups is 2. The summed E-state index contributed by atoms with van der Waals surface area (Å²) in [7, 11) is 0. The van der Waals surface area contributed by atoms with Gasteiger partial charge in [0.2, 0.25) is 5.96 Å². The largest absolute Gasteiger partial charge is 0.370 e. The summed E-state index contributed by atoms with van der Waals surface area (Å²) in [5, 5.41) is 0. The summed E-state index contributed by atoms with van der Waals surface area (Å²) >= 11 is 6.66. The van der Waals surface area contributed by atoms with Crippen molar-refractivity contribution in [2.75, 3.05) is 0 Å². The van der Waals surface area contributed by atoms with Crippen LogP contribution in [-0.2, 0) is 0 Å². The van der Waals surface area contributed by atoms with Gasteiger partial charge in [0.15, 0.2) is 5.96 Å². The summed E-state index contributed by atoms with van der Waals surface area (Å²) in [6.45, 7) is 0. The van der Waals surface area contributed by atoms with Gasteiger partial charge < -0.3 is 17.2 Å². The predicted octanol–water partition coefficient (Wildman–Crippen LogP) is 1.43. The van der Waals surface area contributed by atoms with Crippen LogP contribution in [0.2, 0.25) is 0 Å². The van der Waals surface area contributed by atoms with Gasteiger partial charge in [-0.15, -0.1) is 0 Å². The van der Waals surface area contributed by atoms with Crippen LogP contribution in [0.15, 0.2) is 37.1 Å². The van der Waals surface area contributed by atoms with Crippen LogP contribution in [0.5, 0.6) is 0 Å². The second-order valence-electron chi connectivity index (χ2n) is 2.63. The number of nitrogens with zero attached hydrogens (tertiary/aromatic N) is 2. The van der Waals surface area contributed by atoms with E-state index in [9.17, 15) is 0 Å². The zero-order valence-electron chi connectivity index (χ0n) is 7.61. The van der Waals surface area contributed by atoms with E-state index < -0.39 is 0 Å². The molecule has 0 aliphatic rings. The van der Waals surface area contributed by atoms with Gasteiger partial charge in [0.05, 0.1) is 5.69 Å². The maximum absolute atomic E-state index is 5.48. The normalized spacial score (nSPS) is 11.2. The molecule has 6 N–H and O–H groups in total. The summed E-state index contributed by atoms with van der Waals surface area (Å²) in [4.78, 5) is 7.61. The van der Waals surface area contributed by atoms with Crippen LogP contribution in [0.4, 0.5) is 5.69 Å². The quantitative estimate of drug-likeness (QED) is 0.534. The fourth-order valence-electron chi connectivity index (χ4n) is 0.893. The van der Waals surface area contributed by atoms with Crippen molar-refractivity contribution in [1.29, 1.82) is 0 Å². The molecule has 0 saturated heterocycles. The van der Waals surface area contributed by atoms with Crippen LogP contribution in [0.1, 0.15) is 0 Å². The first-order chi connectivity index (χ1) is 6.97. The Morgan fingerprint density at radius 1 is 1.00 bits per heavy atom.